The van der Waals surface area contributed by atoms with Crippen molar-refractivity contribution in [1.29, 1.82) is 0 Å². The number of nitrogens with zero attached hydrogens (tertiary/aromatic N) is 2. The highest BCUT2D eigenvalue weighted by atomic mass is 16.1. The van der Waals surface area contributed by atoms with Gasteiger partial charge >= 0.3 is 0 Å². The monoisotopic (exact) mass is 330 g/mol. The fourth-order valence-electron chi connectivity index (χ4n) is 3.84. The molecule has 2 N–H and O–H groups in total. The number of rotatable bonds is 4. The second kappa shape index (κ2) is 9.00. The topological polar surface area (TPSA) is 66.9 Å². The third-order valence-electron chi connectivity index (χ3n) is 5.27. The van der Waals surface area contributed by atoms with Crippen molar-refractivity contribution in [1.82, 2.24) is 15.3 Å². The molecule has 5 nitrogen and oxygen atoms in total. The number of amides is 1. The summed E-state index contributed by atoms with van der Waals surface area (Å²) in [6.45, 7) is 0. The summed E-state index contributed by atoms with van der Waals surface area (Å²) in [6, 6.07) is 2.45. The minimum Gasteiger partial charge on any atom is -0.351 e. The lowest BCUT2D eigenvalue weighted by molar-refractivity contribution is 0.0928. The van der Waals surface area contributed by atoms with E-state index < -0.39 is 0 Å². The number of carbonyl (C=O) groups excluding carboxylic acids is 1. The van der Waals surface area contributed by atoms with E-state index in [1.807, 2.05) is 0 Å². The number of hydrogen-bond acceptors (Lipinski definition) is 4. The van der Waals surface area contributed by atoms with Crippen molar-refractivity contribution in [2.24, 2.45) is 0 Å². The molecule has 0 unspecified atom stereocenters. The van der Waals surface area contributed by atoms with E-state index in [0.29, 0.717) is 23.7 Å². The van der Waals surface area contributed by atoms with Crippen LogP contribution in [0, 0.1) is 0 Å². The lowest BCUT2D eigenvalue weighted by atomic mass is 10.1. The molecule has 1 heterocycles. The van der Waals surface area contributed by atoms with Gasteiger partial charge in [-0.2, -0.15) is 0 Å². The van der Waals surface area contributed by atoms with Crippen LogP contribution in [0.15, 0.2) is 12.3 Å². The third-order valence-corrected chi connectivity index (χ3v) is 5.27. The van der Waals surface area contributed by atoms with Crippen LogP contribution in [-0.4, -0.2) is 28.0 Å². The highest BCUT2D eigenvalue weighted by molar-refractivity contribution is 5.92. The van der Waals surface area contributed by atoms with Crippen molar-refractivity contribution < 1.29 is 4.79 Å². The van der Waals surface area contributed by atoms with Gasteiger partial charge in [0.2, 0.25) is 5.95 Å². The molecule has 2 aliphatic carbocycles. The van der Waals surface area contributed by atoms with E-state index in [4.69, 9.17) is 0 Å². The van der Waals surface area contributed by atoms with Gasteiger partial charge < -0.3 is 10.6 Å². The van der Waals surface area contributed by atoms with E-state index in [9.17, 15) is 4.79 Å². The van der Waals surface area contributed by atoms with Crippen LogP contribution >= 0.6 is 0 Å². The van der Waals surface area contributed by atoms with Gasteiger partial charge in [-0.1, -0.05) is 51.4 Å². The van der Waals surface area contributed by atoms with Gasteiger partial charge in [0.05, 0.1) is 0 Å². The molecule has 132 valence electrons. The molecule has 2 fully saturated rings. The lowest BCUT2D eigenvalue weighted by Gasteiger charge is -2.18. The summed E-state index contributed by atoms with van der Waals surface area (Å²) in [5.74, 6) is 0.531. The second-order valence-corrected chi connectivity index (χ2v) is 7.26. The summed E-state index contributed by atoms with van der Waals surface area (Å²) in [5, 5.41) is 6.59. The maximum atomic E-state index is 12.5. The number of hydrogen-bond donors (Lipinski definition) is 2. The van der Waals surface area contributed by atoms with Crippen LogP contribution in [0.25, 0.3) is 0 Å². The van der Waals surface area contributed by atoms with E-state index in [2.05, 4.69) is 20.6 Å². The summed E-state index contributed by atoms with van der Waals surface area (Å²) >= 11 is 0. The number of anilines is 1. The van der Waals surface area contributed by atoms with Crippen LogP contribution in [0.3, 0.4) is 0 Å². The summed E-state index contributed by atoms with van der Waals surface area (Å²) in [5.41, 5.74) is 0.477. The molecular formula is C19H30N4O. The zero-order chi connectivity index (χ0) is 16.6. The van der Waals surface area contributed by atoms with Crippen LogP contribution in [0.1, 0.15) is 87.5 Å². The standard InChI is InChI=1S/C19H30N4O/c24-18(21-15-9-5-1-2-6-10-15)17-13-14-20-19(23-17)22-16-11-7-3-4-8-12-16/h13-16H,1-12H2,(H,21,24)(H,20,22,23). The number of aromatic nitrogens is 2. The fourth-order valence-corrected chi connectivity index (χ4v) is 3.84. The van der Waals surface area contributed by atoms with Crippen molar-refractivity contribution in [3.05, 3.63) is 18.0 Å². The largest absolute Gasteiger partial charge is 0.351 e. The molecule has 5 heteroatoms. The molecule has 0 bridgehead atoms. The SMILES string of the molecule is O=C(NC1CCCCCC1)c1ccnc(NC2CCCCCC2)n1. The first-order chi connectivity index (χ1) is 11.8. The summed E-state index contributed by atoms with van der Waals surface area (Å²) in [4.78, 5) is 21.3. The summed E-state index contributed by atoms with van der Waals surface area (Å²) < 4.78 is 0. The molecule has 0 atom stereocenters. The van der Waals surface area contributed by atoms with Crippen LogP contribution in [0.4, 0.5) is 5.95 Å². The van der Waals surface area contributed by atoms with Crippen LogP contribution in [-0.2, 0) is 0 Å². The van der Waals surface area contributed by atoms with E-state index in [-0.39, 0.29) is 5.91 Å². The highest BCUT2D eigenvalue weighted by Gasteiger charge is 2.18. The van der Waals surface area contributed by atoms with Crippen LogP contribution in [0.2, 0.25) is 0 Å². The normalized spacial score (nSPS) is 20.8. The van der Waals surface area contributed by atoms with Crippen molar-refractivity contribution >= 4 is 11.9 Å². The van der Waals surface area contributed by atoms with Gasteiger partial charge in [-0.25, -0.2) is 9.97 Å². The van der Waals surface area contributed by atoms with E-state index >= 15 is 0 Å². The minimum atomic E-state index is -0.0618. The Morgan fingerprint density at radius 3 is 2.08 bits per heavy atom. The molecule has 0 spiro atoms. The summed E-state index contributed by atoms with van der Waals surface area (Å²) in [7, 11) is 0. The van der Waals surface area contributed by atoms with Gasteiger partial charge in [0.25, 0.3) is 5.91 Å². The molecule has 0 radical (unpaired) electrons. The molecule has 2 saturated carbocycles. The van der Waals surface area contributed by atoms with E-state index in [0.717, 1.165) is 12.8 Å². The maximum Gasteiger partial charge on any atom is 0.270 e. The average molecular weight is 330 g/mol. The Bertz CT molecular complexity index is 518. The molecule has 1 amide bonds. The Balaban J connectivity index is 1.58. The van der Waals surface area contributed by atoms with Crippen molar-refractivity contribution in [3.63, 3.8) is 0 Å². The minimum absolute atomic E-state index is 0.0618. The van der Waals surface area contributed by atoms with Gasteiger partial charge in [0, 0.05) is 18.3 Å². The summed E-state index contributed by atoms with van der Waals surface area (Å²) in [6.07, 6.45) is 16.4. The van der Waals surface area contributed by atoms with Crippen LogP contribution < -0.4 is 10.6 Å². The van der Waals surface area contributed by atoms with Crippen molar-refractivity contribution in [3.8, 4) is 0 Å². The Morgan fingerprint density at radius 2 is 1.46 bits per heavy atom. The number of carbonyl (C=O) groups is 1. The predicted octanol–water partition coefficient (Wildman–Crippen LogP) is 4.06. The van der Waals surface area contributed by atoms with E-state index in [1.165, 1.54) is 64.2 Å². The molecule has 0 aromatic carbocycles. The predicted molar refractivity (Wildman–Crippen MR) is 96.1 cm³/mol. The lowest BCUT2D eigenvalue weighted by Crippen LogP contribution is -2.35. The first-order valence-corrected chi connectivity index (χ1v) is 9.72. The smallest absolute Gasteiger partial charge is 0.270 e. The fraction of sp³-hybridized carbons (Fsp3) is 0.737. The van der Waals surface area contributed by atoms with Gasteiger partial charge in [-0.15, -0.1) is 0 Å². The van der Waals surface area contributed by atoms with Gasteiger partial charge in [-0.3, -0.25) is 4.79 Å². The Morgan fingerprint density at radius 1 is 0.875 bits per heavy atom. The second-order valence-electron chi connectivity index (χ2n) is 7.26. The highest BCUT2D eigenvalue weighted by Crippen LogP contribution is 2.20. The molecular weight excluding hydrogens is 300 g/mol. The van der Waals surface area contributed by atoms with Crippen molar-refractivity contribution in [2.45, 2.75) is 89.1 Å². The molecule has 24 heavy (non-hydrogen) atoms. The molecule has 1 aromatic rings. The molecule has 1 aromatic heterocycles. The first kappa shape index (κ1) is 17.2. The molecule has 0 aliphatic heterocycles. The van der Waals surface area contributed by atoms with Crippen molar-refractivity contribution in [2.75, 3.05) is 5.32 Å². The maximum absolute atomic E-state index is 12.5. The van der Waals surface area contributed by atoms with Gasteiger partial charge in [0.15, 0.2) is 0 Å². The average Bonchev–Trinajstić information content (AvgIpc) is 3.00. The zero-order valence-electron chi connectivity index (χ0n) is 14.6. The molecule has 3 rings (SSSR count). The Hall–Kier alpha value is -1.65. The van der Waals surface area contributed by atoms with E-state index in [1.54, 1.807) is 12.3 Å². The van der Waals surface area contributed by atoms with Crippen LogP contribution in [0.5, 0.6) is 0 Å². The molecule has 2 aliphatic rings. The quantitative estimate of drug-likeness (QED) is 0.817. The van der Waals surface area contributed by atoms with Gasteiger partial charge in [0.1, 0.15) is 5.69 Å². The Labute approximate surface area is 145 Å². The first-order valence-electron chi connectivity index (χ1n) is 9.72. The Kier molecular flexibility index (Phi) is 6.44. The van der Waals surface area contributed by atoms with Gasteiger partial charge in [-0.05, 0) is 31.7 Å². The third kappa shape index (κ3) is 5.18. The number of nitrogens with one attached hydrogen (secondary N) is 2. The zero-order valence-corrected chi connectivity index (χ0v) is 14.6. The molecule has 0 saturated heterocycles.